The Morgan fingerprint density at radius 1 is 1.30 bits per heavy atom. The molecule has 1 fully saturated rings. The normalized spacial score (nSPS) is 21.4. The predicted octanol–water partition coefficient (Wildman–Crippen LogP) is 4.07. The zero-order valence-electron chi connectivity index (χ0n) is 12.7. The van der Waals surface area contributed by atoms with E-state index in [1.165, 1.54) is 6.42 Å². The van der Waals surface area contributed by atoms with Crippen LogP contribution in [0.15, 0.2) is 18.3 Å². The summed E-state index contributed by atoms with van der Waals surface area (Å²) >= 11 is 5.83. The molecule has 1 aliphatic carbocycles. The van der Waals surface area contributed by atoms with E-state index in [0.29, 0.717) is 10.7 Å². The maximum Gasteiger partial charge on any atom is 0.251 e. The molecule has 4 heteroatoms. The molecule has 1 amide bonds. The van der Waals surface area contributed by atoms with E-state index in [9.17, 15) is 4.79 Å². The summed E-state index contributed by atoms with van der Waals surface area (Å²) in [6, 6.07) is 3.52. The molecule has 0 unspecified atom stereocenters. The van der Waals surface area contributed by atoms with Gasteiger partial charge in [0.1, 0.15) is 5.15 Å². The van der Waals surface area contributed by atoms with Crippen LogP contribution in [0.1, 0.15) is 57.3 Å². The van der Waals surface area contributed by atoms with Gasteiger partial charge in [-0.15, -0.1) is 0 Å². The molecule has 3 nitrogen and oxygen atoms in total. The van der Waals surface area contributed by atoms with Crippen LogP contribution in [0.3, 0.4) is 0 Å². The highest BCUT2D eigenvalue weighted by molar-refractivity contribution is 6.29. The first-order valence-electron chi connectivity index (χ1n) is 7.09. The van der Waals surface area contributed by atoms with Crippen molar-refractivity contribution in [3.63, 3.8) is 0 Å². The van der Waals surface area contributed by atoms with Crippen molar-refractivity contribution in [1.29, 1.82) is 0 Å². The number of rotatable bonds is 2. The van der Waals surface area contributed by atoms with E-state index in [-0.39, 0.29) is 22.8 Å². The van der Waals surface area contributed by atoms with Crippen LogP contribution in [0.2, 0.25) is 5.15 Å². The Bertz CT molecular complexity index is 495. The number of aromatic nitrogens is 1. The summed E-state index contributed by atoms with van der Waals surface area (Å²) in [5.74, 6) is -0.0622. The van der Waals surface area contributed by atoms with Crippen molar-refractivity contribution < 1.29 is 4.79 Å². The standard InChI is InChI=1S/C16H23ClN2O/c1-15(2)8-12(9-16(3,4)10-15)19-14(20)11-5-6-18-13(17)7-11/h5-7,12H,8-10H2,1-4H3,(H,19,20). The van der Waals surface area contributed by atoms with Crippen molar-refractivity contribution in [1.82, 2.24) is 10.3 Å². The number of hydrogen-bond acceptors (Lipinski definition) is 2. The summed E-state index contributed by atoms with van der Waals surface area (Å²) < 4.78 is 0. The highest BCUT2D eigenvalue weighted by Crippen LogP contribution is 2.45. The number of amides is 1. The van der Waals surface area contributed by atoms with Gasteiger partial charge in [-0.3, -0.25) is 4.79 Å². The lowest BCUT2D eigenvalue weighted by molar-refractivity contribution is 0.0713. The molecular formula is C16H23ClN2O. The van der Waals surface area contributed by atoms with Crippen molar-refractivity contribution in [2.24, 2.45) is 10.8 Å². The molecule has 1 N–H and O–H groups in total. The molecule has 0 bridgehead atoms. The molecule has 0 radical (unpaired) electrons. The SMILES string of the molecule is CC1(C)CC(NC(=O)c2ccnc(Cl)c2)CC(C)(C)C1. The second kappa shape index (κ2) is 5.36. The van der Waals surface area contributed by atoms with Crippen LogP contribution >= 0.6 is 11.6 Å². The molecule has 0 aromatic carbocycles. The molecule has 1 aromatic rings. The van der Waals surface area contributed by atoms with Crippen LogP contribution < -0.4 is 5.32 Å². The lowest BCUT2D eigenvalue weighted by Crippen LogP contribution is -2.46. The number of nitrogens with one attached hydrogen (secondary N) is 1. The van der Waals surface area contributed by atoms with Crippen molar-refractivity contribution >= 4 is 17.5 Å². The molecule has 0 saturated heterocycles. The average molecular weight is 295 g/mol. The van der Waals surface area contributed by atoms with Gasteiger partial charge in [-0.1, -0.05) is 39.3 Å². The summed E-state index contributed by atoms with van der Waals surface area (Å²) in [6.07, 6.45) is 4.78. The Labute approximate surface area is 126 Å². The Kier molecular flexibility index (Phi) is 4.10. The molecule has 1 heterocycles. The van der Waals surface area contributed by atoms with E-state index >= 15 is 0 Å². The van der Waals surface area contributed by atoms with Crippen LogP contribution in [-0.2, 0) is 0 Å². The fraction of sp³-hybridized carbons (Fsp3) is 0.625. The van der Waals surface area contributed by atoms with Crippen molar-refractivity contribution in [3.8, 4) is 0 Å². The van der Waals surface area contributed by atoms with Gasteiger partial charge in [0.05, 0.1) is 0 Å². The smallest absolute Gasteiger partial charge is 0.251 e. The molecule has 20 heavy (non-hydrogen) atoms. The molecule has 0 atom stereocenters. The quantitative estimate of drug-likeness (QED) is 0.836. The van der Waals surface area contributed by atoms with E-state index in [4.69, 9.17) is 11.6 Å². The maximum absolute atomic E-state index is 12.3. The van der Waals surface area contributed by atoms with Gasteiger partial charge in [-0.25, -0.2) is 4.98 Å². The summed E-state index contributed by atoms with van der Waals surface area (Å²) in [7, 11) is 0. The first-order chi connectivity index (χ1) is 9.17. The van der Waals surface area contributed by atoms with Gasteiger partial charge in [-0.05, 0) is 42.2 Å². The molecule has 1 aromatic heterocycles. The van der Waals surface area contributed by atoms with E-state index in [1.54, 1.807) is 18.3 Å². The highest BCUT2D eigenvalue weighted by atomic mass is 35.5. The minimum absolute atomic E-state index is 0.0622. The zero-order chi connectivity index (χ0) is 15.0. The molecule has 1 saturated carbocycles. The number of carbonyl (C=O) groups is 1. The Hall–Kier alpha value is -1.09. The first-order valence-corrected chi connectivity index (χ1v) is 7.47. The lowest BCUT2D eigenvalue weighted by atomic mass is 9.63. The monoisotopic (exact) mass is 294 g/mol. The van der Waals surface area contributed by atoms with Crippen LogP contribution in [0.5, 0.6) is 0 Å². The Morgan fingerprint density at radius 3 is 2.45 bits per heavy atom. The van der Waals surface area contributed by atoms with Crippen molar-refractivity contribution in [3.05, 3.63) is 29.0 Å². The Balaban J connectivity index is 2.08. The van der Waals surface area contributed by atoms with Crippen LogP contribution in [-0.4, -0.2) is 16.9 Å². The Morgan fingerprint density at radius 2 is 1.90 bits per heavy atom. The number of hydrogen-bond donors (Lipinski definition) is 1. The van der Waals surface area contributed by atoms with Crippen molar-refractivity contribution in [2.75, 3.05) is 0 Å². The number of halogens is 1. The second-order valence-corrected chi connectivity index (χ2v) is 7.84. The van der Waals surface area contributed by atoms with Gasteiger partial charge in [0.15, 0.2) is 0 Å². The molecule has 0 aliphatic heterocycles. The van der Waals surface area contributed by atoms with Gasteiger partial charge in [0, 0.05) is 17.8 Å². The third-order valence-electron chi connectivity index (χ3n) is 3.88. The second-order valence-electron chi connectivity index (χ2n) is 7.45. The van der Waals surface area contributed by atoms with Crippen LogP contribution in [0.4, 0.5) is 0 Å². The maximum atomic E-state index is 12.3. The van der Waals surface area contributed by atoms with E-state index in [2.05, 4.69) is 38.0 Å². The first kappa shape index (κ1) is 15.3. The van der Waals surface area contributed by atoms with Crippen LogP contribution in [0, 0.1) is 10.8 Å². The topological polar surface area (TPSA) is 42.0 Å². The van der Waals surface area contributed by atoms with Gasteiger partial charge in [0.2, 0.25) is 0 Å². The lowest BCUT2D eigenvalue weighted by Gasteiger charge is -2.45. The summed E-state index contributed by atoms with van der Waals surface area (Å²) in [4.78, 5) is 16.2. The molecule has 0 spiro atoms. The molecule has 2 rings (SSSR count). The number of nitrogens with zero attached hydrogens (tertiary/aromatic N) is 1. The van der Waals surface area contributed by atoms with E-state index in [1.807, 2.05) is 0 Å². The summed E-state index contributed by atoms with van der Waals surface area (Å²) in [5, 5.41) is 3.50. The van der Waals surface area contributed by atoms with Gasteiger partial charge >= 0.3 is 0 Å². The summed E-state index contributed by atoms with van der Waals surface area (Å²) in [6.45, 7) is 9.10. The van der Waals surface area contributed by atoms with Crippen LogP contribution in [0.25, 0.3) is 0 Å². The average Bonchev–Trinajstić information content (AvgIpc) is 2.24. The number of pyridine rings is 1. The fourth-order valence-electron chi connectivity index (χ4n) is 3.76. The predicted molar refractivity (Wildman–Crippen MR) is 81.9 cm³/mol. The zero-order valence-corrected chi connectivity index (χ0v) is 13.4. The number of carbonyl (C=O) groups excluding carboxylic acids is 1. The third-order valence-corrected chi connectivity index (χ3v) is 4.09. The molecule has 1 aliphatic rings. The largest absolute Gasteiger partial charge is 0.349 e. The fourth-order valence-corrected chi connectivity index (χ4v) is 3.93. The molecule has 110 valence electrons. The minimum Gasteiger partial charge on any atom is -0.349 e. The third kappa shape index (κ3) is 3.95. The highest BCUT2D eigenvalue weighted by Gasteiger charge is 2.38. The van der Waals surface area contributed by atoms with Gasteiger partial charge in [0.25, 0.3) is 5.91 Å². The summed E-state index contributed by atoms with van der Waals surface area (Å²) in [5.41, 5.74) is 1.09. The van der Waals surface area contributed by atoms with E-state index < -0.39 is 0 Å². The van der Waals surface area contributed by atoms with Crippen molar-refractivity contribution in [2.45, 2.75) is 53.0 Å². The van der Waals surface area contributed by atoms with Gasteiger partial charge < -0.3 is 5.32 Å². The minimum atomic E-state index is -0.0622. The molecular weight excluding hydrogens is 272 g/mol. The van der Waals surface area contributed by atoms with Gasteiger partial charge in [-0.2, -0.15) is 0 Å². The van der Waals surface area contributed by atoms with E-state index in [0.717, 1.165) is 12.8 Å².